The number of benzene rings is 1. The number of hydrogen-bond acceptors (Lipinski definition) is 0. The largest absolute Gasteiger partial charge is 0.0843 e. The molecule has 0 saturated heterocycles. The molecule has 0 aromatic heterocycles. The van der Waals surface area contributed by atoms with E-state index in [9.17, 15) is 0 Å². The van der Waals surface area contributed by atoms with Crippen molar-refractivity contribution in [1.82, 2.24) is 0 Å². The Kier molecular flexibility index (Phi) is 2.35. The predicted molar refractivity (Wildman–Crippen MR) is 58.3 cm³/mol. The first kappa shape index (κ1) is 9.11. The lowest BCUT2D eigenvalue weighted by atomic mass is 9.85. The van der Waals surface area contributed by atoms with Crippen LogP contribution in [0.15, 0.2) is 23.8 Å². The molecular formula is C11H10Cl2. The fraction of sp³-hybridized carbons (Fsp3) is 0.273. The Balaban J connectivity index is 2.47. The van der Waals surface area contributed by atoms with Crippen LogP contribution >= 0.6 is 23.2 Å². The zero-order valence-corrected chi connectivity index (χ0v) is 8.91. The minimum absolute atomic E-state index is 0.700. The van der Waals surface area contributed by atoms with Gasteiger partial charge in [-0.05, 0) is 43.0 Å². The summed E-state index contributed by atoms with van der Waals surface area (Å²) >= 11 is 11.9. The molecule has 0 fully saturated rings. The van der Waals surface area contributed by atoms with Gasteiger partial charge < -0.3 is 0 Å². The van der Waals surface area contributed by atoms with Gasteiger partial charge in [0.1, 0.15) is 0 Å². The third-order valence-electron chi connectivity index (χ3n) is 2.52. The van der Waals surface area contributed by atoms with Crippen molar-refractivity contribution in [3.8, 4) is 0 Å². The standard InChI is InChI=1S/C11H10Cl2/c1-7-2-4-9(7)10-5-3-8(12)6-11(10)13/h3,5-6H,2,4H2,1H3. The highest BCUT2D eigenvalue weighted by molar-refractivity contribution is 6.35. The lowest BCUT2D eigenvalue weighted by Crippen LogP contribution is -2.00. The van der Waals surface area contributed by atoms with Gasteiger partial charge in [-0.1, -0.05) is 34.8 Å². The summed E-state index contributed by atoms with van der Waals surface area (Å²) in [7, 11) is 0. The summed E-state index contributed by atoms with van der Waals surface area (Å²) < 4.78 is 0. The molecule has 0 bridgehead atoms. The fourth-order valence-electron chi connectivity index (χ4n) is 1.60. The van der Waals surface area contributed by atoms with E-state index in [0.717, 1.165) is 17.0 Å². The van der Waals surface area contributed by atoms with Gasteiger partial charge in [0.15, 0.2) is 0 Å². The molecule has 0 N–H and O–H groups in total. The molecule has 0 spiro atoms. The second-order valence-electron chi connectivity index (χ2n) is 3.38. The first-order chi connectivity index (χ1) is 6.18. The van der Waals surface area contributed by atoms with Crippen LogP contribution < -0.4 is 0 Å². The summed E-state index contributed by atoms with van der Waals surface area (Å²) in [5.41, 5.74) is 3.99. The van der Waals surface area contributed by atoms with Gasteiger partial charge in [0.25, 0.3) is 0 Å². The Morgan fingerprint density at radius 3 is 2.38 bits per heavy atom. The van der Waals surface area contributed by atoms with E-state index in [-0.39, 0.29) is 0 Å². The number of rotatable bonds is 1. The Morgan fingerprint density at radius 1 is 1.15 bits per heavy atom. The minimum atomic E-state index is 0.700. The number of halogens is 2. The monoisotopic (exact) mass is 212 g/mol. The summed E-state index contributed by atoms with van der Waals surface area (Å²) in [6.45, 7) is 2.16. The lowest BCUT2D eigenvalue weighted by molar-refractivity contribution is 0.902. The van der Waals surface area contributed by atoms with Gasteiger partial charge in [-0.15, -0.1) is 0 Å². The Labute approximate surface area is 88.2 Å². The molecule has 68 valence electrons. The Bertz CT molecular complexity index is 378. The molecule has 1 aromatic carbocycles. The van der Waals surface area contributed by atoms with Crippen LogP contribution in [0, 0.1) is 0 Å². The fourth-order valence-corrected chi connectivity index (χ4v) is 2.12. The predicted octanol–water partition coefficient (Wildman–Crippen LogP) is 4.56. The van der Waals surface area contributed by atoms with Crippen LogP contribution in [0.25, 0.3) is 5.57 Å². The van der Waals surface area contributed by atoms with Crippen LogP contribution in [0.5, 0.6) is 0 Å². The average Bonchev–Trinajstić information content (AvgIpc) is 2.07. The minimum Gasteiger partial charge on any atom is -0.0843 e. The molecular weight excluding hydrogens is 203 g/mol. The van der Waals surface area contributed by atoms with Crippen molar-refractivity contribution in [2.75, 3.05) is 0 Å². The number of hydrogen-bond donors (Lipinski definition) is 0. The van der Waals surface area contributed by atoms with Crippen LogP contribution in [-0.4, -0.2) is 0 Å². The lowest BCUT2D eigenvalue weighted by Gasteiger charge is -2.22. The summed E-state index contributed by atoms with van der Waals surface area (Å²) in [5, 5.41) is 1.47. The molecule has 0 saturated carbocycles. The van der Waals surface area contributed by atoms with E-state index in [4.69, 9.17) is 23.2 Å². The molecule has 0 atom stereocenters. The van der Waals surface area contributed by atoms with Crippen molar-refractivity contribution in [3.05, 3.63) is 39.4 Å². The molecule has 2 heteroatoms. The number of allylic oxidation sites excluding steroid dienone is 2. The topological polar surface area (TPSA) is 0 Å². The van der Waals surface area contributed by atoms with Crippen LogP contribution in [0.4, 0.5) is 0 Å². The maximum absolute atomic E-state index is 6.08. The van der Waals surface area contributed by atoms with Gasteiger partial charge >= 0.3 is 0 Å². The van der Waals surface area contributed by atoms with Gasteiger partial charge in [-0.3, -0.25) is 0 Å². The molecule has 1 aliphatic rings. The normalized spacial score (nSPS) is 15.9. The van der Waals surface area contributed by atoms with Crippen molar-refractivity contribution in [1.29, 1.82) is 0 Å². The molecule has 0 aliphatic heterocycles. The second kappa shape index (κ2) is 3.36. The van der Waals surface area contributed by atoms with Crippen molar-refractivity contribution in [3.63, 3.8) is 0 Å². The highest BCUT2D eigenvalue weighted by atomic mass is 35.5. The van der Waals surface area contributed by atoms with E-state index < -0.39 is 0 Å². The molecule has 2 rings (SSSR count). The highest BCUT2D eigenvalue weighted by Crippen LogP contribution is 2.39. The zero-order valence-electron chi connectivity index (χ0n) is 7.40. The van der Waals surface area contributed by atoms with E-state index in [1.54, 1.807) is 6.07 Å². The molecule has 0 unspecified atom stereocenters. The summed E-state index contributed by atoms with van der Waals surface area (Å²) in [6.07, 6.45) is 2.35. The molecule has 1 aromatic rings. The summed E-state index contributed by atoms with van der Waals surface area (Å²) in [6, 6.07) is 5.70. The van der Waals surface area contributed by atoms with Crippen LogP contribution in [0.1, 0.15) is 25.3 Å². The third-order valence-corrected chi connectivity index (χ3v) is 3.07. The van der Waals surface area contributed by atoms with Crippen molar-refractivity contribution in [2.24, 2.45) is 0 Å². The second-order valence-corrected chi connectivity index (χ2v) is 4.23. The third kappa shape index (κ3) is 1.61. The van der Waals surface area contributed by atoms with Crippen LogP contribution in [0.2, 0.25) is 10.0 Å². The summed E-state index contributed by atoms with van der Waals surface area (Å²) in [4.78, 5) is 0. The van der Waals surface area contributed by atoms with Gasteiger partial charge in [0.05, 0.1) is 0 Å². The Morgan fingerprint density at radius 2 is 1.92 bits per heavy atom. The van der Waals surface area contributed by atoms with Gasteiger partial charge in [-0.25, -0.2) is 0 Å². The average molecular weight is 213 g/mol. The van der Waals surface area contributed by atoms with Crippen LogP contribution in [0.3, 0.4) is 0 Å². The van der Waals surface area contributed by atoms with Crippen molar-refractivity contribution in [2.45, 2.75) is 19.8 Å². The zero-order chi connectivity index (χ0) is 9.42. The van der Waals surface area contributed by atoms with E-state index in [1.807, 2.05) is 12.1 Å². The van der Waals surface area contributed by atoms with E-state index >= 15 is 0 Å². The first-order valence-corrected chi connectivity index (χ1v) is 5.08. The highest BCUT2D eigenvalue weighted by Gasteiger charge is 2.16. The van der Waals surface area contributed by atoms with Gasteiger partial charge in [0.2, 0.25) is 0 Å². The van der Waals surface area contributed by atoms with Crippen molar-refractivity contribution >= 4 is 28.8 Å². The first-order valence-electron chi connectivity index (χ1n) is 4.32. The maximum atomic E-state index is 6.08. The molecule has 1 aliphatic carbocycles. The van der Waals surface area contributed by atoms with Gasteiger partial charge in [-0.2, -0.15) is 0 Å². The van der Waals surface area contributed by atoms with E-state index in [1.165, 1.54) is 17.6 Å². The van der Waals surface area contributed by atoms with E-state index in [0.29, 0.717) is 5.02 Å². The molecule has 0 amide bonds. The Hall–Kier alpha value is -0.460. The van der Waals surface area contributed by atoms with Crippen molar-refractivity contribution < 1.29 is 0 Å². The summed E-state index contributed by atoms with van der Waals surface area (Å²) in [5.74, 6) is 0. The smallest absolute Gasteiger partial charge is 0.0495 e. The van der Waals surface area contributed by atoms with E-state index in [2.05, 4.69) is 6.92 Å². The van der Waals surface area contributed by atoms with Gasteiger partial charge in [0, 0.05) is 10.0 Å². The molecule has 0 radical (unpaired) electrons. The SMILES string of the molecule is CC1=C(c2ccc(Cl)cc2Cl)CC1. The maximum Gasteiger partial charge on any atom is 0.0495 e. The molecule has 13 heavy (non-hydrogen) atoms. The quantitative estimate of drug-likeness (QED) is 0.641. The molecule has 0 heterocycles. The van der Waals surface area contributed by atoms with Crippen LogP contribution in [-0.2, 0) is 0 Å². The molecule has 0 nitrogen and oxygen atoms in total.